The summed E-state index contributed by atoms with van der Waals surface area (Å²) >= 11 is 6.36. The van der Waals surface area contributed by atoms with Crippen LogP contribution in [0.5, 0.6) is 11.5 Å². The maximum atomic E-state index is 6.36. The highest BCUT2D eigenvalue weighted by molar-refractivity contribution is 6.31. The first-order valence-electron chi connectivity index (χ1n) is 7.23. The Kier molecular flexibility index (Phi) is 5.59. The molecule has 1 atom stereocenters. The number of aryl methyl sites for hydroxylation is 1. The quantitative estimate of drug-likeness (QED) is 0.824. The lowest BCUT2D eigenvalue weighted by atomic mass is 10.1. The minimum Gasteiger partial charge on any atom is -0.456 e. The van der Waals surface area contributed by atoms with Gasteiger partial charge in [-0.15, -0.1) is 0 Å². The molecule has 1 aromatic heterocycles. The molecule has 1 heterocycles. The van der Waals surface area contributed by atoms with E-state index in [2.05, 4.69) is 24.1 Å². The van der Waals surface area contributed by atoms with Crippen molar-refractivity contribution < 1.29 is 4.74 Å². The van der Waals surface area contributed by atoms with E-state index in [-0.39, 0.29) is 6.04 Å². The third-order valence-electron chi connectivity index (χ3n) is 3.26. The summed E-state index contributed by atoms with van der Waals surface area (Å²) in [5.74, 6) is 1.43. The zero-order valence-corrected chi connectivity index (χ0v) is 13.4. The average molecular weight is 305 g/mol. The van der Waals surface area contributed by atoms with Gasteiger partial charge in [-0.05, 0) is 56.6 Å². The van der Waals surface area contributed by atoms with E-state index >= 15 is 0 Å². The van der Waals surface area contributed by atoms with Crippen LogP contribution in [-0.4, -0.2) is 11.5 Å². The lowest BCUT2D eigenvalue weighted by Crippen LogP contribution is -2.19. The second-order valence-electron chi connectivity index (χ2n) is 5.10. The van der Waals surface area contributed by atoms with Crippen LogP contribution in [0.25, 0.3) is 0 Å². The molecule has 3 nitrogen and oxygen atoms in total. The van der Waals surface area contributed by atoms with Crippen molar-refractivity contribution in [3.8, 4) is 11.5 Å². The van der Waals surface area contributed by atoms with Crippen LogP contribution in [0.1, 0.15) is 37.6 Å². The van der Waals surface area contributed by atoms with Gasteiger partial charge in [0.2, 0.25) is 0 Å². The monoisotopic (exact) mass is 304 g/mol. The largest absolute Gasteiger partial charge is 0.456 e. The fourth-order valence-corrected chi connectivity index (χ4v) is 2.38. The summed E-state index contributed by atoms with van der Waals surface area (Å²) in [5.41, 5.74) is 2.05. The van der Waals surface area contributed by atoms with Gasteiger partial charge in [0.15, 0.2) is 0 Å². The summed E-state index contributed by atoms with van der Waals surface area (Å²) in [7, 11) is 0. The Morgan fingerprint density at radius 2 is 2.00 bits per heavy atom. The second-order valence-corrected chi connectivity index (χ2v) is 5.50. The molecule has 4 heteroatoms. The number of benzene rings is 1. The molecule has 1 aromatic carbocycles. The average Bonchev–Trinajstić information content (AvgIpc) is 2.47. The Bertz CT molecular complexity index is 584. The van der Waals surface area contributed by atoms with Crippen molar-refractivity contribution in [3.05, 3.63) is 52.8 Å². The van der Waals surface area contributed by atoms with Crippen molar-refractivity contribution in [1.29, 1.82) is 0 Å². The highest BCUT2D eigenvalue weighted by Crippen LogP contribution is 2.29. The molecule has 0 saturated heterocycles. The van der Waals surface area contributed by atoms with Crippen molar-refractivity contribution in [3.63, 3.8) is 0 Å². The van der Waals surface area contributed by atoms with Crippen LogP contribution in [0.3, 0.4) is 0 Å². The van der Waals surface area contributed by atoms with Crippen LogP contribution in [0.4, 0.5) is 0 Å². The van der Waals surface area contributed by atoms with Crippen molar-refractivity contribution in [2.45, 2.75) is 33.2 Å². The van der Waals surface area contributed by atoms with Gasteiger partial charge in [0.05, 0.1) is 6.20 Å². The highest BCUT2D eigenvalue weighted by Gasteiger charge is 2.10. The Labute approximate surface area is 131 Å². The van der Waals surface area contributed by atoms with E-state index < -0.39 is 0 Å². The standard InChI is InChI=1S/C17H21ClN2O/c1-4-9-19-13(3)16-8-7-14(10-17(16)18)21-15-6-5-12(2)20-11-15/h5-8,10-11,13,19H,4,9H2,1-3H3. The smallest absolute Gasteiger partial charge is 0.145 e. The van der Waals surface area contributed by atoms with E-state index in [1.807, 2.05) is 37.3 Å². The van der Waals surface area contributed by atoms with Gasteiger partial charge in [0, 0.05) is 16.8 Å². The molecule has 2 aromatic rings. The number of hydrogen-bond acceptors (Lipinski definition) is 3. The van der Waals surface area contributed by atoms with Crippen molar-refractivity contribution in [2.24, 2.45) is 0 Å². The zero-order chi connectivity index (χ0) is 15.2. The first-order valence-corrected chi connectivity index (χ1v) is 7.61. The van der Waals surface area contributed by atoms with Gasteiger partial charge in [-0.2, -0.15) is 0 Å². The summed E-state index contributed by atoms with van der Waals surface area (Å²) in [6, 6.07) is 9.84. The molecular weight excluding hydrogens is 284 g/mol. The molecule has 2 rings (SSSR count). The van der Waals surface area contributed by atoms with Crippen LogP contribution in [0.15, 0.2) is 36.5 Å². The first kappa shape index (κ1) is 15.8. The molecular formula is C17H21ClN2O. The number of pyridine rings is 1. The number of nitrogens with zero attached hydrogens (tertiary/aromatic N) is 1. The predicted molar refractivity (Wildman–Crippen MR) is 87.2 cm³/mol. The molecule has 0 aliphatic carbocycles. The van der Waals surface area contributed by atoms with Crippen molar-refractivity contribution >= 4 is 11.6 Å². The lowest BCUT2D eigenvalue weighted by Gasteiger charge is -2.16. The SMILES string of the molecule is CCCNC(C)c1ccc(Oc2ccc(C)nc2)cc1Cl. The Hall–Kier alpha value is -1.58. The Morgan fingerprint density at radius 3 is 2.62 bits per heavy atom. The third-order valence-corrected chi connectivity index (χ3v) is 3.59. The van der Waals surface area contributed by atoms with Crippen molar-refractivity contribution in [1.82, 2.24) is 10.3 Å². The highest BCUT2D eigenvalue weighted by atomic mass is 35.5. The van der Waals surface area contributed by atoms with E-state index in [1.165, 1.54) is 0 Å². The van der Waals surface area contributed by atoms with Crippen LogP contribution in [-0.2, 0) is 0 Å². The molecule has 0 saturated carbocycles. The molecule has 0 aliphatic rings. The number of hydrogen-bond donors (Lipinski definition) is 1. The van der Waals surface area contributed by atoms with Gasteiger partial charge in [-0.25, -0.2) is 0 Å². The number of rotatable bonds is 6. The summed E-state index contributed by atoms with van der Waals surface area (Å²) in [6.45, 7) is 7.18. The van der Waals surface area contributed by atoms with Gasteiger partial charge in [-0.3, -0.25) is 4.98 Å². The molecule has 0 aliphatic heterocycles. The summed E-state index contributed by atoms with van der Waals surface area (Å²) in [6.07, 6.45) is 2.81. The van der Waals surface area contributed by atoms with Gasteiger partial charge in [0.25, 0.3) is 0 Å². The van der Waals surface area contributed by atoms with Gasteiger partial charge in [-0.1, -0.05) is 24.6 Å². The molecule has 0 bridgehead atoms. The minimum atomic E-state index is 0.229. The maximum absolute atomic E-state index is 6.36. The topological polar surface area (TPSA) is 34.1 Å². The van der Waals surface area contributed by atoms with E-state index in [4.69, 9.17) is 16.3 Å². The van der Waals surface area contributed by atoms with Crippen molar-refractivity contribution in [2.75, 3.05) is 6.54 Å². The number of halogens is 1. The zero-order valence-electron chi connectivity index (χ0n) is 12.7. The van der Waals surface area contributed by atoms with E-state index in [1.54, 1.807) is 6.20 Å². The van der Waals surface area contributed by atoms with E-state index in [0.717, 1.165) is 30.0 Å². The molecule has 1 N–H and O–H groups in total. The van der Waals surface area contributed by atoms with Gasteiger partial charge < -0.3 is 10.1 Å². The molecule has 21 heavy (non-hydrogen) atoms. The van der Waals surface area contributed by atoms with Gasteiger partial charge in [0.1, 0.15) is 11.5 Å². The van der Waals surface area contributed by atoms with Crippen LogP contribution in [0.2, 0.25) is 5.02 Å². The first-order chi connectivity index (χ1) is 10.1. The summed E-state index contributed by atoms with van der Waals surface area (Å²) in [4.78, 5) is 4.21. The van der Waals surface area contributed by atoms with Crippen LogP contribution >= 0.6 is 11.6 Å². The maximum Gasteiger partial charge on any atom is 0.145 e. The number of nitrogens with one attached hydrogen (secondary N) is 1. The predicted octanol–water partition coefficient (Wildman–Crippen LogP) is 4.90. The molecule has 0 amide bonds. The molecule has 0 spiro atoms. The van der Waals surface area contributed by atoms with E-state index in [0.29, 0.717) is 10.8 Å². The number of ether oxygens (including phenoxy) is 1. The normalized spacial score (nSPS) is 12.2. The molecule has 0 fully saturated rings. The summed E-state index contributed by atoms with van der Waals surface area (Å²) in [5, 5.41) is 4.14. The van der Waals surface area contributed by atoms with E-state index in [9.17, 15) is 0 Å². The third kappa shape index (κ3) is 4.45. The molecule has 112 valence electrons. The van der Waals surface area contributed by atoms with Crippen LogP contribution < -0.4 is 10.1 Å². The lowest BCUT2D eigenvalue weighted by molar-refractivity contribution is 0.479. The fraction of sp³-hybridized carbons (Fsp3) is 0.353. The minimum absolute atomic E-state index is 0.229. The van der Waals surface area contributed by atoms with Gasteiger partial charge >= 0.3 is 0 Å². The summed E-state index contributed by atoms with van der Waals surface area (Å²) < 4.78 is 5.76. The van der Waals surface area contributed by atoms with Crippen LogP contribution in [0, 0.1) is 6.92 Å². The number of aromatic nitrogens is 1. The Balaban J connectivity index is 2.09. The second kappa shape index (κ2) is 7.43. The Morgan fingerprint density at radius 1 is 1.24 bits per heavy atom. The molecule has 1 unspecified atom stereocenters. The molecule has 0 radical (unpaired) electrons. The fourth-order valence-electron chi connectivity index (χ4n) is 2.04.